The first kappa shape index (κ1) is 31.5. The molecule has 0 saturated heterocycles. The number of nitrogens with zero attached hydrogens (tertiary/aromatic N) is 1. The second kappa shape index (κ2) is 12.8. The molecule has 2 aromatic carbocycles. The molecule has 1 aliphatic carbocycles. The fourth-order valence-electron chi connectivity index (χ4n) is 6.42. The maximum Gasteiger partial charge on any atom is 0.391 e. The van der Waals surface area contributed by atoms with Gasteiger partial charge in [-0.05, 0) is 84.9 Å². The second-order valence-corrected chi connectivity index (χ2v) is 14.1. The van der Waals surface area contributed by atoms with Crippen LogP contribution in [0.5, 0.6) is 0 Å². The predicted octanol–water partition coefficient (Wildman–Crippen LogP) is 6.22. The Hall–Kier alpha value is -2.43. The lowest BCUT2D eigenvalue weighted by Crippen LogP contribution is -2.34. The van der Waals surface area contributed by atoms with Gasteiger partial charge in [-0.2, -0.15) is 13.2 Å². The minimum Gasteiger partial charge on any atom is -0.396 e. The minimum absolute atomic E-state index is 0.00421. The maximum atomic E-state index is 13.3. The minimum atomic E-state index is -4.11. The molecular weight excluding hydrogens is 553 g/mol. The van der Waals surface area contributed by atoms with Crippen LogP contribution in [0.3, 0.4) is 0 Å². The Bertz CT molecular complexity index is 1300. The van der Waals surface area contributed by atoms with Crippen molar-refractivity contribution in [3.63, 3.8) is 0 Å². The van der Waals surface area contributed by atoms with Crippen LogP contribution in [0.15, 0.2) is 47.4 Å². The number of halogens is 3. The van der Waals surface area contributed by atoms with Gasteiger partial charge in [0.25, 0.3) is 5.91 Å². The Kier molecular flexibility index (Phi) is 9.86. The van der Waals surface area contributed by atoms with Crippen LogP contribution in [0, 0.1) is 17.8 Å². The molecule has 6 nitrogen and oxygen atoms in total. The Labute approximate surface area is 241 Å². The van der Waals surface area contributed by atoms with Crippen molar-refractivity contribution in [2.75, 3.05) is 18.9 Å². The standard InChI is InChI=1S/C31H41F3N2O4S/c1-4-41(39,40)26-12-7-22(8-13-26)28(15-16-37)35-30(38)23-9-14-27-24(17-23)19-36(29(27)20(2)3)18-21-5-10-25(11-6-21)31(32,33)34/h7-9,12-14,17,20-21,25,28-29,37H,4-6,10-11,15-16,18-19H2,1-3H3,(H,35,38)/t21?,25?,28-,29-/m0/s1. The van der Waals surface area contributed by atoms with Crippen molar-refractivity contribution in [1.29, 1.82) is 0 Å². The molecule has 0 bridgehead atoms. The highest BCUT2D eigenvalue weighted by Crippen LogP contribution is 2.43. The van der Waals surface area contributed by atoms with E-state index in [4.69, 9.17) is 0 Å². The molecule has 0 radical (unpaired) electrons. The van der Waals surface area contributed by atoms with E-state index in [1.54, 1.807) is 25.1 Å². The highest BCUT2D eigenvalue weighted by Gasteiger charge is 2.42. The second-order valence-electron chi connectivity index (χ2n) is 11.8. The van der Waals surface area contributed by atoms with Gasteiger partial charge in [-0.15, -0.1) is 0 Å². The van der Waals surface area contributed by atoms with Gasteiger partial charge in [0.15, 0.2) is 9.84 Å². The van der Waals surface area contributed by atoms with Crippen LogP contribution >= 0.6 is 0 Å². The summed E-state index contributed by atoms with van der Waals surface area (Å²) < 4.78 is 63.7. The molecule has 1 amide bonds. The molecule has 0 unspecified atom stereocenters. The first-order valence-electron chi connectivity index (χ1n) is 14.5. The number of nitrogens with one attached hydrogen (secondary N) is 1. The molecule has 2 aromatic rings. The fraction of sp³-hybridized carbons (Fsp3) is 0.581. The van der Waals surface area contributed by atoms with E-state index in [0.29, 0.717) is 36.4 Å². The molecule has 2 N–H and O–H groups in total. The van der Waals surface area contributed by atoms with E-state index in [1.165, 1.54) is 12.1 Å². The average Bonchev–Trinajstić information content (AvgIpc) is 3.30. The van der Waals surface area contributed by atoms with Crippen molar-refractivity contribution in [2.24, 2.45) is 17.8 Å². The molecular formula is C31H41F3N2O4S. The quantitative estimate of drug-likeness (QED) is 0.341. The number of hydrogen-bond donors (Lipinski definition) is 2. The molecule has 1 heterocycles. The Morgan fingerprint density at radius 2 is 1.73 bits per heavy atom. The van der Waals surface area contributed by atoms with Gasteiger partial charge < -0.3 is 10.4 Å². The smallest absolute Gasteiger partial charge is 0.391 e. The number of fused-ring (bicyclic) bond motifs is 1. The molecule has 41 heavy (non-hydrogen) atoms. The van der Waals surface area contributed by atoms with Gasteiger partial charge in [-0.3, -0.25) is 9.69 Å². The van der Waals surface area contributed by atoms with E-state index in [0.717, 1.165) is 17.7 Å². The monoisotopic (exact) mass is 594 g/mol. The summed E-state index contributed by atoms with van der Waals surface area (Å²) in [5, 5.41) is 12.6. The molecule has 1 fully saturated rings. The molecule has 226 valence electrons. The Morgan fingerprint density at radius 1 is 1.07 bits per heavy atom. The number of sulfone groups is 1. The van der Waals surface area contributed by atoms with Gasteiger partial charge >= 0.3 is 6.18 Å². The summed E-state index contributed by atoms with van der Waals surface area (Å²) in [6.07, 6.45) is -2.30. The van der Waals surface area contributed by atoms with Crippen LogP contribution < -0.4 is 5.32 Å². The fourth-order valence-corrected chi connectivity index (χ4v) is 7.30. The van der Waals surface area contributed by atoms with E-state index in [2.05, 4.69) is 24.1 Å². The summed E-state index contributed by atoms with van der Waals surface area (Å²) >= 11 is 0. The lowest BCUT2D eigenvalue weighted by Gasteiger charge is -2.35. The summed E-state index contributed by atoms with van der Waals surface area (Å²) in [4.78, 5) is 15.9. The molecule has 0 spiro atoms. The van der Waals surface area contributed by atoms with E-state index in [-0.39, 0.29) is 54.4 Å². The van der Waals surface area contributed by atoms with E-state index < -0.39 is 28.0 Å². The zero-order chi connectivity index (χ0) is 29.9. The van der Waals surface area contributed by atoms with Crippen molar-refractivity contribution in [3.05, 3.63) is 64.7 Å². The highest BCUT2D eigenvalue weighted by atomic mass is 32.2. The van der Waals surface area contributed by atoms with Crippen molar-refractivity contribution >= 4 is 15.7 Å². The van der Waals surface area contributed by atoms with Gasteiger partial charge in [-0.1, -0.05) is 39.0 Å². The molecule has 1 aliphatic heterocycles. The number of aliphatic hydroxyl groups excluding tert-OH is 1. The van der Waals surface area contributed by atoms with Crippen LogP contribution in [0.2, 0.25) is 0 Å². The maximum absolute atomic E-state index is 13.3. The van der Waals surface area contributed by atoms with Crippen LogP contribution in [0.4, 0.5) is 13.2 Å². The third kappa shape index (κ3) is 7.32. The lowest BCUT2D eigenvalue weighted by atomic mass is 9.81. The van der Waals surface area contributed by atoms with Gasteiger partial charge in [0.2, 0.25) is 0 Å². The van der Waals surface area contributed by atoms with E-state index >= 15 is 0 Å². The van der Waals surface area contributed by atoms with Gasteiger partial charge in [0.05, 0.1) is 22.6 Å². The van der Waals surface area contributed by atoms with Crippen molar-refractivity contribution in [1.82, 2.24) is 10.2 Å². The Morgan fingerprint density at radius 3 is 2.29 bits per heavy atom. The topological polar surface area (TPSA) is 86.7 Å². The van der Waals surface area contributed by atoms with Gasteiger partial charge in [0.1, 0.15) is 0 Å². The average molecular weight is 595 g/mol. The SMILES string of the molecule is CCS(=O)(=O)c1ccc([C@H](CCO)NC(=O)c2ccc3c(c2)CN(CC2CCC(C(F)(F)F)CC2)[C@H]3C(C)C)cc1. The van der Waals surface area contributed by atoms with Crippen molar-refractivity contribution < 1.29 is 31.5 Å². The molecule has 2 atom stereocenters. The van der Waals surface area contributed by atoms with Crippen molar-refractivity contribution in [2.45, 2.75) is 82.6 Å². The highest BCUT2D eigenvalue weighted by molar-refractivity contribution is 7.91. The molecule has 2 aliphatic rings. The summed E-state index contributed by atoms with van der Waals surface area (Å²) in [5.74, 6) is -0.953. The summed E-state index contributed by atoms with van der Waals surface area (Å²) in [6.45, 7) is 7.10. The number of carbonyl (C=O) groups is 1. The number of benzene rings is 2. The summed E-state index contributed by atoms with van der Waals surface area (Å²) in [7, 11) is -3.34. The number of rotatable bonds is 10. The number of hydrogen-bond acceptors (Lipinski definition) is 5. The normalized spacial score (nSPS) is 22.5. The number of carbonyl (C=O) groups excluding carboxylic acids is 1. The molecule has 0 aromatic heterocycles. The zero-order valence-electron chi connectivity index (χ0n) is 24.0. The lowest BCUT2D eigenvalue weighted by molar-refractivity contribution is -0.184. The number of amides is 1. The number of alkyl halides is 3. The van der Waals surface area contributed by atoms with E-state index in [9.17, 15) is 31.5 Å². The third-order valence-electron chi connectivity index (χ3n) is 8.67. The van der Waals surface area contributed by atoms with Gasteiger partial charge in [-0.25, -0.2) is 8.42 Å². The van der Waals surface area contributed by atoms with Crippen LogP contribution in [-0.2, 0) is 16.4 Å². The largest absolute Gasteiger partial charge is 0.396 e. The predicted molar refractivity (Wildman–Crippen MR) is 152 cm³/mol. The van der Waals surface area contributed by atoms with Crippen LogP contribution in [-0.4, -0.2) is 49.4 Å². The first-order valence-corrected chi connectivity index (χ1v) is 16.2. The van der Waals surface area contributed by atoms with E-state index in [1.807, 2.05) is 12.1 Å². The number of aliphatic hydroxyl groups is 1. The first-order chi connectivity index (χ1) is 19.3. The van der Waals surface area contributed by atoms with Crippen LogP contribution in [0.25, 0.3) is 0 Å². The Balaban J connectivity index is 1.46. The van der Waals surface area contributed by atoms with Crippen molar-refractivity contribution in [3.8, 4) is 0 Å². The molecule has 10 heteroatoms. The zero-order valence-corrected chi connectivity index (χ0v) is 24.8. The summed E-state index contributed by atoms with van der Waals surface area (Å²) in [6, 6.07) is 11.7. The molecule has 1 saturated carbocycles. The van der Waals surface area contributed by atoms with Gasteiger partial charge in [0, 0.05) is 31.3 Å². The van der Waals surface area contributed by atoms with Crippen LogP contribution in [0.1, 0.15) is 92.0 Å². The molecule has 4 rings (SSSR count). The summed E-state index contributed by atoms with van der Waals surface area (Å²) in [5.41, 5.74) is 3.40. The third-order valence-corrected chi connectivity index (χ3v) is 10.4.